The van der Waals surface area contributed by atoms with Gasteiger partial charge >= 0.3 is 6.18 Å². The number of piperidine rings is 1. The van der Waals surface area contributed by atoms with Gasteiger partial charge in [0, 0.05) is 32.4 Å². The summed E-state index contributed by atoms with van der Waals surface area (Å²) in [6.07, 6.45) is -0.341. The van der Waals surface area contributed by atoms with Crippen molar-refractivity contribution in [3.63, 3.8) is 0 Å². The number of aromatic nitrogens is 1. The van der Waals surface area contributed by atoms with Gasteiger partial charge in [0.2, 0.25) is 0 Å². The topological polar surface area (TPSA) is 45.6 Å². The Kier molecular flexibility index (Phi) is 4.62. The lowest BCUT2D eigenvalue weighted by atomic mass is 9.82. The number of hydrogen-bond donors (Lipinski definition) is 1. The number of pyridine rings is 1. The van der Waals surface area contributed by atoms with Gasteiger partial charge < -0.3 is 9.84 Å². The average Bonchev–Trinajstić information content (AvgIpc) is 2.52. The lowest BCUT2D eigenvalue weighted by Crippen LogP contribution is -2.55. The predicted molar refractivity (Wildman–Crippen MR) is 77.7 cm³/mol. The van der Waals surface area contributed by atoms with Gasteiger partial charge in [0.25, 0.3) is 0 Å². The maximum atomic E-state index is 12.5. The Morgan fingerprint density at radius 3 is 2.61 bits per heavy atom. The fourth-order valence-corrected chi connectivity index (χ4v) is 3.42. The van der Waals surface area contributed by atoms with Crippen LogP contribution in [0.1, 0.15) is 36.9 Å². The van der Waals surface area contributed by atoms with Crippen LogP contribution in [-0.2, 0) is 17.5 Å². The second kappa shape index (κ2) is 6.37. The molecule has 2 aliphatic heterocycles. The SMILES string of the molecule is OC1CCCOC12CCN(Cc1ccc(C(F)(F)F)nc1)CC2. The van der Waals surface area contributed by atoms with Crippen LogP contribution in [0.3, 0.4) is 0 Å². The summed E-state index contributed by atoms with van der Waals surface area (Å²) in [6, 6.07) is 2.50. The third-order valence-electron chi connectivity index (χ3n) is 4.84. The molecule has 2 saturated heterocycles. The lowest BCUT2D eigenvalue weighted by Gasteiger charge is -2.46. The summed E-state index contributed by atoms with van der Waals surface area (Å²) in [5.41, 5.74) is -0.524. The third-order valence-corrected chi connectivity index (χ3v) is 4.84. The van der Waals surface area contributed by atoms with Crippen molar-refractivity contribution in [1.29, 1.82) is 0 Å². The molecule has 0 amide bonds. The molecule has 2 aliphatic rings. The van der Waals surface area contributed by atoms with E-state index in [1.165, 1.54) is 12.3 Å². The fourth-order valence-electron chi connectivity index (χ4n) is 3.42. The Bertz CT molecular complexity index is 525. The number of aliphatic hydroxyl groups excluding tert-OH is 1. The zero-order chi connectivity index (χ0) is 16.5. The minimum Gasteiger partial charge on any atom is -0.390 e. The molecular weight excluding hydrogens is 309 g/mol. The van der Waals surface area contributed by atoms with E-state index < -0.39 is 23.6 Å². The van der Waals surface area contributed by atoms with Crippen molar-refractivity contribution in [3.8, 4) is 0 Å². The molecule has 128 valence electrons. The van der Waals surface area contributed by atoms with Gasteiger partial charge in [-0.15, -0.1) is 0 Å². The van der Waals surface area contributed by atoms with Crippen LogP contribution in [0.2, 0.25) is 0 Å². The third kappa shape index (κ3) is 3.67. The highest BCUT2D eigenvalue weighted by Crippen LogP contribution is 2.35. The van der Waals surface area contributed by atoms with Gasteiger partial charge in [-0.25, -0.2) is 0 Å². The van der Waals surface area contributed by atoms with E-state index in [0.717, 1.165) is 50.4 Å². The van der Waals surface area contributed by atoms with E-state index in [2.05, 4.69) is 9.88 Å². The maximum absolute atomic E-state index is 12.5. The molecule has 1 aromatic heterocycles. The molecule has 1 spiro atoms. The fraction of sp³-hybridized carbons (Fsp3) is 0.688. The lowest BCUT2D eigenvalue weighted by molar-refractivity contribution is -0.177. The van der Waals surface area contributed by atoms with Crippen LogP contribution in [0.5, 0.6) is 0 Å². The molecule has 0 aromatic carbocycles. The van der Waals surface area contributed by atoms with Gasteiger partial charge in [-0.1, -0.05) is 6.07 Å². The van der Waals surface area contributed by atoms with Crippen LogP contribution in [-0.4, -0.2) is 46.4 Å². The minimum atomic E-state index is -4.40. The summed E-state index contributed by atoms with van der Waals surface area (Å²) in [5.74, 6) is 0. The summed E-state index contributed by atoms with van der Waals surface area (Å²) in [7, 11) is 0. The molecule has 0 radical (unpaired) electrons. The van der Waals surface area contributed by atoms with Gasteiger partial charge in [-0.05, 0) is 37.3 Å². The second-order valence-electron chi connectivity index (χ2n) is 6.40. The number of likely N-dealkylation sites (tertiary alicyclic amines) is 1. The van der Waals surface area contributed by atoms with Crippen molar-refractivity contribution >= 4 is 0 Å². The molecular formula is C16H21F3N2O2. The molecule has 3 heterocycles. The molecule has 1 N–H and O–H groups in total. The molecule has 2 fully saturated rings. The van der Waals surface area contributed by atoms with Crippen LogP contribution in [0.15, 0.2) is 18.3 Å². The van der Waals surface area contributed by atoms with Crippen LogP contribution in [0.25, 0.3) is 0 Å². The van der Waals surface area contributed by atoms with E-state index in [0.29, 0.717) is 13.2 Å². The Morgan fingerprint density at radius 2 is 2.04 bits per heavy atom. The zero-order valence-electron chi connectivity index (χ0n) is 12.9. The molecule has 0 bridgehead atoms. The Hall–Kier alpha value is -1.18. The molecule has 7 heteroatoms. The van der Waals surface area contributed by atoms with Crippen molar-refractivity contribution in [2.45, 2.75) is 50.1 Å². The quantitative estimate of drug-likeness (QED) is 0.905. The Labute approximate surface area is 133 Å². The van der Waals surface area contributed by atoms with E-state index in [-0.39, 0.29) is 0 Å². The Balaban J connectivity index is 1.56. The standard InChI is InChI=1S/C16H21F3N2O2/c17-16(18,19)13-4-3-12(10-20-13)11-21-7-5-15(6-8-21)14(22)2-1-9-23-15/h3-4,10,14,22H,1-2,5-9,11H2. The van der Waals surface area contributed by atoms with E-state index in [1.807, 2.05) is 0 Å². The smallest absolute Gasteiger partial charge is 0.390 e. The van der Waals surface area contributed by atoms with Crippen molar-refractivity contribution in [1.82, 2.24) is 9.88 Å². The van der Waals surface area contributed by atoms with E-state index in [9.17, 15) is 18.3 Å². The van der Waals surface area contributed by atoms with Gasteiger partial charge in [-0.2, -0.15) is 13.2 Å². The van der Waals surface area contributed by atoms with Crippen LogP contribution in [0.4, 0.5) is 13.2 Å². The van der Waals surface area contributed by atoms with Crippen molar-refractivity contribution in [3.05, 3.63) is 29.6 Å². The number of nitrogens with zero attached hydrogens (tertiary/aromatic N) is 2. The van der Waals surface area contributed by atoms with Crippen molar-refractivity contribution < 1.29 is 23.0 Å². The van der Waals surface area contributed by atoms with Gasteiger partial charge in [-0.3, -0.25) is 9.88 Å². The number of alkyl halides is 3. The summed E-state index contributed by atoms with van der Waals surface area (Å²) in [5, 5.41) is 10.2. The second-order valence-corrected chi connectivity index (χ2v) is 6.40. The highest BCUT2D eigenvalue weighted by Gasteiger charge is 2.43. The molecule has 23 heavy (non-hydrogen) atoms. The normalized spacial score (nSPS) is 25.7. The van der Waals surface area contributed by atoms with Crippen molar-refractivity contribution in [2.75, 3.05) is 19.7 Å². The first-order valence-electron chi connectivity index (χ1n) is 7.96. The minimum absolute atomic E-state index is 0.411. The highest BCUT2D eigenvalue weighted by atomic mass is 19.4. The molecule has 0 saturated carbocycles. The van der Waals surface area contributed by atoms with E-state index >= 15 is 0 Å². The zero-order valence-corrected chi connectivity index (χ0v) is 12.9. The number of aliphatic hydroxyl groups is 1. The number of ether oxygens (including phenoxy) is 1. The monoisotopic (exact) mass is 330 g/mol. The molecule has 1 unspecified atom stereocenters. The first-order chi connectivity index (χ1) is 10.9. The van der Waals surface area contributed by atoms with Crippen molar-refractivity contribution in [2.24, 2.45) is 0 Å². The molecule has 1 atom stereocenters. The summed E-state index contributed by atoms with van der Waals surface area (Å²) in [4.78, 5) is 5.66. The number of halogens is 3. The first-order valence-corrected chi connectivity index (χ1v) is 7.96. The first kappa shape index (κ1) is 16.7. The van der Waals surface area contributed by atoms with Gasteiger partial charge in [0.1, 0.15) is 5.69 Å². The Morgan fingerprint density at radius 1 is 1.30 bits per heavy atom. The molecule has 4 nitrogen and oxygen atoms in total. The average molecular weight is 330 g/mol. The largest absolute Gasteiger partial charge is 0.433 e. The van der Waals surface area contributed by atoms with Crippen LogP contribution < -0.4 is 0 Å². The van der Waals surface area contributed by atoms with Crippen LogP contribution in [0, 0.1) is 0 Å². The highest BCUT2D eigenvalue weighted by molar-refractivity contribution is 5.16. The summed E-state index contributed by atoms with van der Waals surface area (Å²) < 4.78 is 43.4. The molecule has 1 aromatic rings. The maximum Gasteiger partial charge on any atom is 0.433 e. The summed E-state index contributed by atoms with van der Waals surface area (Å²) in [6.45, 7) is 2.79. The number of hydrogen-bond acceptors (Lipinski definition) is 4. The predicted octanol–water partition coefficient (Wildman–Crippen LogP) is 2.61. The molecule has 3 rings (SSSR count). The molecule has 0 aliphatic carbocycles. The van der Waals surface area contributed by atoms with E-state index in [4.69, 9.17) is 4.74 Å². The van der Waals surface area contributed by atoms with E-state index in [1.54, 1.807) is 0 Å². The van der Waals surface area contributed by atoms with Gasteiger partial charge in [0.15, 0.2) is 0 Å². The van der Waals surface area contributed by atoms with Crippen LogP contribution >= 0.6 is 0 Å². The van der Waals surface area contributed by atoms with Gasteiger partial charge in [0.05, 0.1) is 11.7 Å². The summed E-state index contributed by atoms with van der Waals surface area (Å²) >= 11 is 0. The number of rotatable bonds is 2.